The van der Waals surface area contributed by atoms with Gasteiger partial charge in [0.05, 0.1) is 18.7 Å². The van der Waals surface area contributed by atoms with Crippen molar-refractivity contribution in [3.8, 4) is 0 Å². The summed E-state index contributed by atoms with van der Waals surface area (Å²) < 4.78 is 16.2. The molecule has 0 radical (unpaired) electrons. The molecule has 0 bridgehead atoms. The maximum Gasteiger partial charge on any atom is 0.339 e. The number of hydrogen-bond acceptors (Lipinski definition) is 5. The molecule has 1 atom stereocenters. The van der Waals surface area contributed by atoms with Gasteiger partial charge in [-0.1, -0.05) is 52.0 Å². The van der Waals surface area contributed by atoms with Gasteiger partial charge in [0.25, 0.3) is 0 Å². The normalized spacial score (nSPS) is 16.1. The van der Waals surface area contributed by atoms with Crippen molar-refractivity contribution >= 4 is 22.8 Å². The van der Waals surface area contributed by atoms with Crippen LogP contribution in [0, 0.1) is 11.8 Å². The number of methoxy groups -OCH3 is 2. The fraction of sp³-hybridized carbons (Fsp3) is 0.556. The molecule has 3 rings (SSSR count). The summed E-state index contributed by atoms with van der Waals surface area (Å²) >= 11 is 0. The van der Waals surface area contributed by atoms with E-state index in [1.165, 1.54) is 29.6 Å². The van der Waals surface area contributed by atoms with Crippen molar-refractivity contribution < 1.29 is 23.8 Å². The predicted molar refractivity (Wildman–Crippen MR) is 133 cm³/mol. The maximum absolute atomic E-state index is 13.3. The molecule has 0 aromatic heterocycles. The number of urea groups is 1. The minimum absolute atomic E-state index is 0.122. The molecule has 7 nitrogen and oxygen atoms in total. The van der Waals surface area contributed by atoms with Gasteiger partial charge in [0.15, 0.2) is 0 Å². The van der Waals surface area contributed by atoms with Gasteiger partial charge in [-0.3, -0.25) is 9.80 Å². The zero-order chi connectivity index (χ0) is 24.8. The number of fused-ring (bicyclic) bond motifs is 1. The summed E-state index contributed by atoms with van der Waals surface area (Å²) in [6, 6.07) is 11.9. The van der Waals surface area contributed by atoms with Gasteiger partial charge in [0.2, 0.25) is 0 Å². The van der Waals surface area contributed by atoms with E-state index in [9.17, 15) is 9.59 Å². The first-order valence-electron chi connectivity index (χ1n) is 12.0. The van der Waals surface area contributed by atoms with E-state index < -0.39 is 6.10 Å². The Hall–Kier alpha value is -2.64. The van der Waals surface area contributed by atoms with Crippen LogP contribution >= 0.6 is 0 Å². The zero-order valence-corrected chi connectivity index (χ0v) is 21.2. The standard InChI is InChI=1S/C27H38N2O5/c1-18(2)12-24(19(3)4)21-11-10-20-8-7-9-23(25(20)13-21)26(30)34-22-14-28(16-32-5)27(31)29(15-22)17-33-6/h7-11,13,18-19,22,24H,12,14-17H2,1-6H3. The van der Waals surface area contributed by atoms with E-state index in [4.69, 9.17) is 14.2 Å². The van der Waals surface area contributed by atoms with Crippen molar-refractivity contribution in [2.45, 2.75) is 46.1 Å². The Balaban J connectivity index is 1.87. The van der Waals surface area contributed by atoms with E-state index in [-0.39, 0.29) is 38.6 Å². The van der Waals surface area contributed by atoms with Crippen LogP contribution in [-0.4, -0.2) is 68.7 Å². The number of benzene rings is 2. The molecule has 186 valence electrons. The highest BCUT2D eigenvalue weighted by atomic mass is 16.5. The highest BCUT2D eigenvalue weighted by Gasteiger charge is 2.34. The molecule has 1 aliphatic heterocycles. The van der Waals surface area contributed by atoms with Crippen molar-refractivity contribution in [2.24, 2.45) is 11.8 Å². The number of carbonyl (C=O) groups is 2. The third-order valence-electron chi connectivity index (χ3n) is 6.32. The molecule has 2 aromatic rings. The first kappa shape index (κ1) is 26.0. The molecule has 1 unspecified atom stereocenters. The van der Waals surface area contributed by atoms with Gasteiger partial charge in [0.1, 0.15) is 19.6 Å². The third-order valence-corrected chi connectivity index (χ3v) is 6.32. The van der Waals surface area contributed by atoms with E-state index in [1.54, 1.807) is 0 Å². The van der Waals surface area contributed by atoms with E-state index in [0.29, 0.717) is 23.3 Å². The summed E-state index contributed by atoms with van der Waals surface area (Å²) in [5.41, 5.74) is 1.79. The first-order chi connectivity index (χ1) is 16.2. The second-order valence-electron chi connectivity index (χ2n) is 9.86. The van der Waals surface area contributed by atoms with Crippen LogP contribution in [0.15, 0.2) is 36.4 Å². The number of rotatable bonds is 10. The van der Waals surface area contributed by atoms with Crippen LogP contribution in [0.5, 0.6) is 0 Å². The highest BCUT2D eigenvalue weighted by Crippen LogP contribution is 2.33. The lowest BCUT2D eigenvalue weighted by Gasteiger charge is -2.38. The van der Waals surface area contributed by atoms with Gasteiger partial charge >= 0.3 is 12.0 Å². The number of nitrogens with zero attached hydrogens (tertiary/aromatic N) is 2. The fourth-order valence-electron chi connectivity index (χ4n) is 4.72. The number of ether oxygens (including phenoxy) is 3. The molecule has 1 aliphatic rings. The van der Waals surface area contributed by atoms with Gasteiger partial charge in [0, 0.05) is 14.2 Å². The van der Waals surface area contributed by atoms with Crippen LogP contribution in [0.3, 0.4) is 0 Å². The Bertz CT molecular complexity index is 972. The molecule has 0 spiro atoms. The lowest BCUT2D eigenvalue weighted by atomic mass is 9.81. The monoisotopic (exact) mass is 470 g/mol. The summed E-state index contributed by atoms with van der Waals surface area (Å²) in [4.78, 5) is 28.9. The molecule has 2 amide bonds. The second-order valence-corrected chi connectivity index (χ2v) is 9.86. The van der Waals surface area contributed by atoms with Crippen LogP contribution in [0.4, 0.5) is 4.79 Å². The average molecular weight is 471 g/mol. The SMILES string of the molecule is COCN1CC(OC(=O)c2cccc3ccc(C(CC(C)C)C(C)C)cc23)CN(COC)C1=O. The van der Waals surface area contributed by atoms with Crippen molar-refractivity contribution in [1.82, 2.24) is 9.80 Å². The van der Waals surface area contributed by atoms with Crippen molar-refractivity contribution in [2.75, 3.05) is 40.8 Å². The molecule has 0 N–H and O–H groups in total. The van der Waals surface area contributed by atoms with Gasteiger partial charge in [-0.15, -0.1) is 0 Å². The summed E-state index contributed by atoms with van der Waals surface area (Å²) in [7, 11) is 3.06. The van der Waals surface area contributed by atoms with E-state index in [2.05, 4.69) is 45.9 Å². The quantitative estimate of drug-likeness (QED) is 0.452. The molecule has 1 fully saturated rings. The molecule has 34 heavy (non-hydrogen) atoms. The average Bonchev–Trinajstić information content (AvgIpc) is 2.79. The van der Waals surface area contributed by atoms with E-state index in [0.717, 1.165) is 17.2 Å². The van der Waals surface area contributed by atoms with Crippen LogP contribution in [-0.2, 0) is 14.2 Å². The summed E-state index contributed by atoms with van der Waals surface area (Å²) in [6.45, 7) is 9.78. The minimum atomic E-state index is -0.488. The number of esters is 1. The molecular formula is C27H38N2O5. The van der Waals surface area contributed by atoms with Crippen LogP contribution in [0.1, 0.15) is 56.0 Å². The molecule has 0 aliphatic carbocycles. The molecule has 1 heterocycles. The minimum Gasteiger partial charge on any atom is -0.455 e. The Kier molecular flexibility index (Phi) is 8.91. The number of amides is 2. The summed E-state index contributed by atoms with van der Waals surface area (Å²) in [5.74, 6) is 1.12. The Morgan fingerprint density at radius 3 is 2.21 bits per heavy atom. The van der Waals surface area contributed by atoms with Crippen molar-refractivity contribution in [3.63, 3.8) is 0 Å². The van der Waals surface area contributed by atoms with Gasteiger partial charge in [-0.05, 0) is 52.6 Å². The summed E-state index contributed by atoms with van der Waals surface area (Å²) in [5, 5.41) is 1.90. The van der Waals surface area contributed by atoms with E-state index >= 15 is 0 Å². The number of hydrogen-bond donors (Lipinski definition) is 0. The topological polar surface area (TPSA) is 68.3 Å². The number of carbonyl (C=O) groups excluding carboxylic acids is 2. The van der Waals surface area contributed by atoms with Crippen LogP contribution in [0.2, 0.25) is 0 Å². The van der Waals surface area contributed by atoms with Gasteiger partial charge in [-0.25, -0.2) is 9.59 Å². The first-order valence-corrected chi connectivity index (χ1v) is 12.0. The highest BCUT2D eigenvalue weighted by molar-refractivity contribution is 6.04. The Morgan fingerprint density at radius 1 is 1.00 bits per heavy atom. The molecule has 2 aromatic carbocycles. The zero-order valence-electron chi connectivity index (χ0n) is 21.2. The van der Waals surface area contributed by atoms with Crippen molar-refractivity contribution in [3.05, 3.63) is 47.5 Å². The fourth-order valence-corrected chi connectivity index (χ4v) is 4.72. The van der Waals surface area contributed by atoms with Crippen LogP contribution in [0.25, 0.3) is 10.8 Å². The van der Waals surface area contributed by atoms with Gasteiger partial charge < -0.3 is 14.2 Å². The predicted octanol–water partition coefficient (Wildman–Crippen LogP) is 5.10. The second kappa shape index (κ2) is 11.7. The maximum atomic E-state index is 13.3. The largest absolute Gasteiger partial charge is 0.455 e. The Morgan fingerprint density at radius 2 is 1.65 bits per heavy atom. The molecular weight excluding hydrogens is 432 g/mol. The molecule has 7 heteroatoms. The smallest absolute Gasteiger partial charge is 0.339 e. The Labute approximate surface area is 202 Å². The third kappa shape index (κ3) is 6.07. The lowest BCUT2D eigenvalue weighted by molar-refractivity contribution is -0.0401. The van der Waals surface area contributed by atoms with Gasteiger partial charge in [-0.2, -0.15) is 0 Å². The van der Waals surface area contributed by atoms with Crippen molar-refractivity contribution in [1.29, 1.82) is 0 Å². The molecule has 0 saturated carbocycles. The van der Waals surface area contributed by atoms with E-state index in [1.807, 2.05) is 18.2 Å². The molecule has 1 saturated heterocycles. The van der Waals surface area contributed by atoms with Crippen LogP contribution < -0.4 is 0 Å². The lowest BCUT2D eigenvalue weighted by Crippen LogP contribution is -2.57. The summed E-state index contributed by atoms with van der Waals surface area (Å²) in [6.07, 6.45) is 0.606.